The molecule has 0 unspecified atom stereocenters. The molecule has 1 saturated heterocycles. The van der Waals surface area contributed by atoms with Crippen molar-refractivity contribution in [3.63, 3.8) is 0 Å². The molecule has 0 bridgehead atoms. The average molecular weight is 342 g/mol. The van der Waals surface area contributed by atoms with Gasteiger partial charge in [0.25, 0.3) is 0 Å². The monoisotopic (exact) mass is 342 g/mol. The summed E-state index contributed by atoms with van der Waals surface area (Å²) >= 11 is 0. The van der Waals surface area contributed by atoms with Crippen molar-refractivity contribution in [3.8, 4) is 0 Å². The Morgan fingerprint density at radius 3 is 2.84 bits per heavy atom. The minimum atomic E-state index is 0.124. The van der Waals surface area contributed by atoms with E-state index < -0.39 is 0 Å². The summed E-state index contributed by atoms with van der Waals surface area (Å²) in [6.07, 6.45) is 3.35. The van der Waals surface area contributed by atoms with Crippen molar-refractivity contribution in [1.82, 2.24) is 24.6 Å². The zero-order valence-corrected chi connectivity index (χ0v) is 14.5. The first-order valence-electron chi connectivity index (χ1n) is 8.47. The Bertz CT molecular complexity index is 852. The summed E-state index contributed by atoms with van der Waals surface area (Å²) in [7, 11) is 1.88. The van der Waals surface area contributed by atoms with Crippen LogP contribution in [0.1, 0.15) is 17.6 Å². The molecular formula is C17H22N6O2. The number of nitrogens with one attached hydrogen (secondary N) is 1. The Balaban J connectivity index is 1.57. The van der Waals surface area contributed by atoms with Gasteiger partial charge in [0.2, 0.25) is 0 Å². The lowest BCUT2D eigenvalue weighted by atomic mass is 10.1. The fourth-order valence-corrected chi connectivity index (χ4v) is 3.23. The topological polar surface area (TPSA) is 81.2 Å². The van der Waals surface area contributed by atoms with Crippen molar-refractivity contribution in [2.24, 2.45) is 7.05 Å². The molecule has 0 radical (unpaired) electrons. The van der Waals surface area contributed by atoms with Gasteiger partial charge >= 0.3 is 0 Å². The normalized spacial score (nSPS) is 17.0. The average Bonchev–Trinajstić information content (AvgIpc) is 3.23. The number of aromatic nitrogens is 4. The summed E-state index contributed by atoms with van der Waals surface area (Å²) in [6, 6.07) is 4.18. The lowest BCUT2D eigenvalue weighted by Gasteiger charge is -2.33. The molecule has 0 aliphatic carbocycles. The minimum absolute atomic E-state index is 0.124. The van der Waals surface area contributed by atoms with Crippen molar-refractivity contribution in [3.05, 3.63) is 36.2 Å². The third kappa shape index (κ3) is 3.22. The van der Waals surface area contributed by atoms with Crippen molar-refractivity contribution < 1.29 is 9.15 Å². The molecule has 1 N–H and O–H groups in total. The van der Waals surface area contributed by atoms with Gasteiger partial charge in [-0.3, -0.25) is 9.58 Å². The standard InChI is InChI=1S/C17H22N6O2/c1-12-3-4-15(25-12)14(23-5-7-24-8-6-23)10-18-16-13-9-21-22(2)17(13)20-11-19-16/h3-4,9,11,14H,5-8,10H2,1-2H3,(H,18,19,20)/t14-/m0/s1. The number of hydrogen-bond acceptors (Lipinski definition) is 7. The van der Waals surface area contributed by atoms with E-state index in [9.17, 15) is 0 Å². The fourth-order valence-electron chi connectivity index (χ4n) is 3.23. The van der Waals surface area contributed by atoms with Gasteiger partial charge in [0.15, 0.2) is 5.65 Å². The maximum absolute atomic E-state index is 5.91. The number of ether oxygens (including phenoxy) is 1. The highest BCUT2D eigenvalue weighted by atomic mass is 16.5. The van der Waals surface area contributed by atoms with Gasteiger partial charge < -0.3 is 14.5 Å². The van der Waals surface area contributed by atoms with E-state index in [1.165, 1.54) is 0 Å². The Morgan fingerprint density at radius 1 is 1.24 bits per heavy atom. The number of nitrogens with zero attached hydrogens (tertiary/aromatic N) is 5. The third-order valence-corrected chi connectivity index (χ3v) is 4.57. The van der Waals surface area contributed by atoms with Crippen molar-refractivity contribution in [2.75, 3.05) is 38.2 Å². The van der Waals surface area contributed by atoms with Crippen LogP contribution in [0, 0.1) is 6.92 Å². The molecule has 0 amide bonds. The Labute approximate surface area is 145 Å². The van der Waals surface area contributed by atoms with Crippen LogP contribution >= 0.6 is 0 Å². The third-order valence-electron chi connectivity index (χ3n) is 4.57. The summed E-state index contributed by atoms with van der Waals surface area (Å²) in [6.45, 7) is 5.92. The molecule has 0 aromatic carbocycles. The zero-order chi connectivity index (χ0) is 17.2. The molecule has 0 spiro atoms. The van der Waals surface area contributed by atoms with Crippen LogP contribution in [0.3, 0.4) is 0 Å². The molecule has 3 aromatic heterocycles. The predicted molar refractivity (Wildman–Crippen MR) is 93.4 cm³/mol. The zero-order valence-electron chi connectivity index (χ0n) is 14.5. The molecule has 8 nitrogen and oxygen atoms in total. The smallest absolute Gasteiger partial charge is 0.163 e. The molecule has 0 saturated carbocycles. The predicted octanol–water partition coefficient (Wildman–Crippen LogP) is 1.75. The minimum Gasteiger partial charge on any atom is -0.465 e. The first kappa shape index (κ1) is 16.0. The Hall–Kier alpha value is -2.45. The lowest BCUT2D eigenvalue weighted by molar-refractivity contribution is 0.0143. The second kappa shape index (κ2) is 6.81. The van der Waals surface area contributed by atoms with Crippen LogP contribution in [0.15, 0.2) is 29.1 Å². The largest absolute Gasteiger partial charge is 0.465 e. The molecule has 1 atom stereocenters. The summed E-state index contributed by atoms with van der Waals surface area (Å²) < 4.78 is 13.1. The van der Waals surface area contributed by atoms with Crippen molar-refractivity contribution in [2.45, 2.75) is 13.0 Å². The number of fused-ring (bicyclic) bond motifs is 1. The van der Waals surface area contributed by atoms with E-state index >= 15 is 0 Å². The van der Waals surface area contributed by atoms with Gasteiger partial charge in [-0.05, 0) is 19.1 Å². The number of aryl methyl sites for hydroxylation is 2. The number of furan rings is 1. The van der Waals surface area contributed by atoms with Crippen LogP contribution in [0.5, 0.6) is 0 Å². The van der Waals surface area contributed by atoms with Gasteiger partial charge in [-0.25, -0.2) is 9.97 Å². The Morgan fingerprint density at radius 2 is 2.08 bits per heavy atom. The summed E-state index contributed by atoms with van der Waals surface area (Å²) in [4.78, 5) is 11.1. The molecule has 8 heteroatoms. The highest BCUT2D eigenvalue weighted by molar-refractivity contribution is 5.85. The van der Waals surface area contributed by atoms with Gasteiger partial charge in [0.05, 0.1) is 30.8 Å². The maximum Gasteiger partial charge on any atom is 0.163 e. The van der Waals surface area contributed by atoms with Gasteiger partial charge in [-0.15, -0.1) is 0 Å². The van der Waals surface area contributed by atoms with E-state index in [1.807, 2.05) is 20.0 Å². The summed E-state index contributed by atoms with van der Waals surface area (Å²) in [5, 5.41) is 8.64. The van der Waals surface area contributed by atoms with E-state index in [0.29, 0.717) is 6.54 Å². The van der Waals surface area contributed by atoms with Crippen LogP contribution in [-0.2, 0) is 11.8 Å². The first-order chi connectivity index (χ1) is 12.2. The van der Waals surface area contributed by atoms with Gasteiger partial charge in [-0.2, -0.15) is 5.10 Å². The fraction of sp³-hybridized carbons (Fsp3) is 0.471. The Kier molecular flexibility index (Phi) is 4.37. The highest BCUT2D eigenvalue weighted by Gasteiger charge is 2.25. The second-order valence-corrected chi connectivity index (χ2v) is 6.22. The first-order valence-corrected chi connectivity index (χ1v) is 8.47. The van der Waals surface area contributed by atoms with Crippen molar-refractivity contribution in [1.29, 1.82) is 0 Å². The molecule has 3 aromatic rings. The molecule has 4 rings (SSSR count). The number of rotatable bonds is 5. The molecule has 1 aliphatic heterocycles. The van der Waals surface area contributed by atoms with Gasteiger partial charge in [0, 0.05) is 26.7 Å². The number of hydrogen-bond donors (Lipinski definition) is 1. The van der Waals surface area contributed by atoms with Gasteiger partial charge in [-0.1, -0.05) is 0 Å². The second-order valence-electron chi connectivity index (χ2n) is 6.22. The highest BCUT2D eigenvalue weighted by Crippen LogP contribution is 2.25. The molecular weight excluding hydrogens is 320 g/mol. The van der Waals surface area contributed by atoms with E-state index in [-0.39, 0.29) is 6.04 Å². The molecule has 25 heavy (non-hydrogen) atoms. The van der Waals surface area contributed by atoms with Crippen LogP contribution in [0.2, 0.25) is 0 Å². The van der Waals surface area contributed by atoms with Crippen LogP contribution in [0.25, 0.3) is 11.0 Å². The summed E-state index contributed by atoms with van der Waals surface area (Å²) in [5.74, 6) is 2.67. The molecule has 1 aliphatic rings. The van der Waals surface area contributed by atoms with Crippen LogP contribution in [0.4, 0.5) is 5.82 Å². The summed E-state index contributed by atoms with van der Waals surface area (Å²) in [5.41, 5.74) is 0.814. The van der Waals surface area contributed by atoms with E-state index in [1.54, 1.807) is 17.2 Å². The van der Waals surface area contributed by atoms with E-state index in [0.717, 1.165) is 54.7 Å². The molecule has 132 valence electrons. The SMILES string of the molecule is Cc1ccc([C@H](CNc2ncnc3c2cnn3C)N2CCOCC2)o1. The lowest BCUT2D eigenvalue weighted by Crippen LogP contribution is -2.41. The van der Waals surface area contributed by atoms with E-state index in [4.69, 9.17) is 9.15 Å². The van der Waals surface area contributed by atoms with E-state index in [2.05, 4.69) is 31.3 Å². The van der Waals surface area contributed by atoms with Gasteiger partial charge in [0.1, 0.15) is 23.7 Å². The number of morpholine rings is 1. The van der Waals surface area contributed by atoms with Crippen LogP contribution < -0.4 is 5.32 Å². The maximum atomic E-state index is 5.91. The van der Waals surface area contributed by atoms with Crippen molar-refractivity contribution >= 4 is 16.9 Å². The quantitative estimate of drug-likeness (QED) is 0.756. The molecule has 4 heterocycles. The van der Waals surface area contributed by atoms with Crippen LogP contribution in [-0.4, -0.2) is 57.5 Å². The molecule has 1 fully saturated rings. The number of anilines is 1.